The number of piperidine rings is 1. The molecule has 0 N–H and O–H groups in total. The van der Waals surface area contributed by atoms with Crippen LogP contribution >= 0.6 is 22.7 Å². The molecule has 2 aliphatic heterocycles. The number of esters is 1. The Bertz CT molecular complexity index is 1730. The number of ketones is 1. The van der Waals surface area contributed by atoms with Crippen molar-refractivity contribution in [2.75, 3.05) is 27.2 Å². The van der Waals surface area contributed by atoms with Crippen molar-refractivity contribution < 1.29 is 37.0 Å². The highest BCUT2D eigenvalue weighted by molar-refractivity contribution is 7.13. The average Bonchev–Trinajstić information content (AvgIpc) is 3.36. The first-order valence-electron chi connectivity index (χ1n) is 15.7. The van der Waals surface area contributed by atoms with Gasteiger partial charge in [-0.25, -0.2) is 19.7 Å². The molecule has 4 atom stereocenters. The Balaban J connectivity index is 1.30. The van der Waals surface area contributed by atoms with Crippen molar-refractivity contribution in [1.29, 1.82) is 0 Å². The maximum atomic E-state index is 14.1. The number of alkyl halides is 3. The normalized spacial score (nSPS) is 25.9. The number of hydrogen-bond acceptors (Lipinski definition) is 11. The van der Waals surface area contributed by atoms with Crippen LogP contribution in [0.25, 0.3) is 21.5 Å². The van der Waals surface area contributed by atoms with Gasteiger partial charge >= 0.3 is 18.2 Å². The van der Waals surface area contributed by atoms with Crippen molar-refractivity contribution in [2.45, 2.75) is 70.2 Å². The van der Waals surface area contributed by atoms with Gasteiger partial charge in [-0.1, -0.05) is 12.2 Å². The number of methoxy groups -OCH3 is 1. The number of thiazole rings is 2. The third-order valence-corrected chi connectivity index (χ3v) is 10.8. The number of carbonyl (C=O) groups is 3. The van der Waals surface area contributed by atoms with E-state index in [4.69, 9.17) is 9.47 Å². The number of halogens is 3. The predicted molar refractivity (Wildman–Crippen MR) is 171 cm³/mol. The number of carbonyl (C=O) groups excluding carboxylic acids is 3. The van der Waals surface area contributed by atoms with Gasteiger partial charge in [0.1, 0.15) is 16.8 Å². The molecule has 3 aromatic rings. The Morgan fingerprint density at radius 2 is 1.85 bits per heavy atom. The molecule has 48 heavy (non-hydrogen) atoms. The first kappa shape index (κ1) is 34.0. The van der Waals surface area contributed by atoms with E-state index in [9.17, 15) is 27.6 Å². The molecule has 3 aromatic heterocycles. The number of urea groups is 1. The molecule has 2 amide bonds. The second-order valence-electron chi connectivity index (χ2n) is 12.4. The SMILES string of the molecule is COC(=O)[C@]12CC(=O)[C@@H]3C[C@@H](Oc4cc(-c5nc(C)cs5)nc(-c5nc(C(F)(F)F)cs5)n4)CCN3C(=O)N(C)CCCC/C=C\[C@@H]1C2. The minimum absolute atomic E-state index is 0.0342. The fourth-order valence-electron chi connectivity index (χ4n) is 6.33. The van der Waals surface area contributed by atoms with E-state index in [0.29, 0.717) is 30.1 Å². The van der Waals surface area contributed by atoms with Gasteiger partial charge in [-0.3, -0.25) is 9.59 Å². The molecular formula is C32H35F3N6O5S2. The second kappa shape index (κ2) is 13.5. The van der Waals surface area contributed by atoms with Gasteiger partial charge in [-0.2, -0.15) is 18.2 Å². The minimum atomic E-state index is -4.63. The number of amides is 2. The van der Waals surface area contributed by atoms with Crippen molar-refractivity contribution in [2.24, 2.45) is 11.3 Å². The Morgan fingerprint density at radius 3 is 2.56 bits per heavy atom. The fourth-order valence-corrected chi connectivity index (χ4v) is 7.84. The summed E-state index contributed by atoms with van der Waals surface area (Å²) < 4.78 is 51.5. The lowest BCUT2D eigenvalue weighted by molar-refractivity contribution is -0.150. The number of rotatable bonds is 5. The average molecular weight is 705 g/mol. The topological polar surface area (TPSA) is 128 Å². The zero-order valence-corrected chi connectivity index (χ0v) is 28.3. The summed E-state index contributed by atoms with van der Waals surface area (Å²) in [5.74, 6) is -0.776. The van der Waals surface area contributed by atoms with Crippen molar-refractivity contribution in [3.8, 4) is 27.4 Å². The van der Waals surface area contributed by atoms with E-state index in [1.807, 2.05) is 24.5 Å². The molecule has 1 saturated heterocycles. The van der Waals surface area contributed by atoms with Gasteiger partial charge < -0.3 is 19.3 Å². The Kier molecular flexibility index (Phi) is 9.57. The van der Waals surface area contributed by atoms with Crippen molar-refractivity contribution in [3.63, 3.8) is 0 Å². The molecule has 3 aliphatic rings. The summed E-state index contributed by atoms with van der Waals surface area (Å²) in [4.78, 5) is 60.9. The fraction of sp³-hybridized carbons (Fsp3) is 0.531. The van der Waals surface area contributed by atoms with E-state index in [1.165, 1.54) is 18.4 Å². The van der Waals surface area contributed by atoms with Crippen LogP contribution in [0.15, 0.2) is 29.0 Å². The van der Waals surface area contributed by atoms with Gasteiger partial charge in [0.2, 0.25) is 5.88 Å². The van der Waals surface area contributed by atoms with Gasteiger partial charge in [0, 0.05) is 61.9 Å². The Hall–Kier alpha value is -3.92. The Morgan fingerprint density at radius 1 is 1.06 bits per heavy atom. The molecule has 0 spiro atoms. The largest absolute Gasteiger partial charge is 0.474 e. The summed E-state index contributed by atoms with van der Waals surface area (Å²) in [5, 5.41) is 3.23. The summed E-state index contributed by atoms with van der Waals surface area (Å²) in [5.41, 5.74) is -0.908. The van der Waals surface area contributed by atoms with Crippen LogP contribution in [-0.2, 0) is 20.5 Å². The number of aromatic nitrogens is 4. The number of aryl methyl sites for hydroxylation is 1. The third kappa shape index (κ3) is 7.09. The highest BCUT2D eigenvalue weighted by Gasteiger charge is 2.61. The third-order valence-electron chi connectivity index (χ3n) is 9.01. The Labute approximate surface area is 283 Å². The zero-order chi connectivity index (χ0) is 34.2. The van der Waals surface area contributed by atoms with E-state index in [0.717, 1.165) is 41.7 Å². The smallest absolute Gasteiger partial charge is 0.434 e. The molecule has 16 heteroatoms. The highest BCUT2D eigenvalue weighted by Crippen LogP contribution is 2.57. The van der Waals surface area contributed by atoms with Gasteiger partial charge in [-0.15, -0.1) is 22.7 Å². The monoisotopic (exact) mass is 704 g/mol. The molecule has 0 unspecified atom stereocenters. The van der Waals surface area contributed by atoms with E-state index in [-0.39, 0.29) is 53.8 Å². The van der Waals surface area contributed by atoms with Gasteiger partial charge in [0.25, 0.3) is 0 Å². The lowest BCUT2D eigenvalue weighted by Crippen LogP contribution is -2.56. The van der Waals surface area contributed by atoms with Crippen LogP contribution in [0.3, 0.4) is 0 Å². The number of hydrogen-bond donors (Lipinski definition) is 0. The van der Waals surface area contributed by atoms with Gasteiger partial charge in [0.15, 0.2) is 22.3 Å². The summed E-state index contributed by atoms with van der Waals surface area (Å²) in [7, 11) is 3.03. The molecule has 6 rings (SSSR count). The zero-order valence-electron chi connectivity index (χ0n) is 26.7. The number of allylic oxidation sites excluding steroid dienone is 2. The molecular weight excluding hydrogens is 670 g/mol. The van der Waals surface area contributed by atoms with Crippen LogP contribution in [0.1, 0.15) is 56.3 Å². The summed E-state index contributed by atoms with van der Waals surface area (Å²) in [6.07, 6.45) is 2.26. The van der Waals surface area contributed by atoms with Gasteiger partial charge in [-0.05, 0) is 38.5 Å². The van der Waals surface area contributed by atoms with Crippen LogP contribution in [0.4, 0.5) is 18.0 Å². The quantitative estimate of drug-likeness (QED) is 0.226. The number of Topliss-reactive ketones (excluding diaryl/α,β-unsaturated/α-hetero) is 1. The maximum absolute atomic E-state index is 14.1. The van der Waals surface area contributed by atoms with Crippen LogP contribution < -0.4 is 4.74 Å². The van der Waals surface area contributed by atoms with Crippen LogP contribution in [-0.4, -0.2) is 86.9 Å². The van der Waals surface area contributed by atoms with Crippen molar-refractivity contribution in [1.82, 2.24) is 29.7 Å². The first-order chi connectivity index (χ1) is 22.9. The van der Waals surface area contributed by atoms with Crippen LogP contribution in [0.5, 0.6) is 5.88 Å². The lowest BCUT2D eigenvalue weighted by atomic mass is 9.88. The summed E-state index contributed by atoms with van der Waals surface area (Å²) >= 11 is 2.08. The van der Waals surface area contributed by atoms with E-state index >= 15 is 0 Å². The number of ether oxygens (including phenoxy) is 2. The molecule has 1 aliphatic carbocycles. The molecule has 0 aromatic carbocycles. The molecule has 1 saturated carbocycles. The maximum Gasteiger partial charge on any atom is 0.434 e. The first-order valence-corrected chi connectivity index (χ1v) is 17.4. The highest BCUT2D eigenvalue weighted by atomic mass is 32.1. The second-order valence-corrected chi connectivity index (χ2v) is 14.2. The summed E-state index contributed by atoms with van der Waals surface area (Å²) in [6, 6.07) is 0.423. The summed E-state index contributed by atoms with van der Waals surface area (Å²) in [6.45, 7) is 2.57. The van der Waals surface area contributed by atoms with Crippen LogP contribution in [0.2, 0.25) is 0 Å². The van der Waals surface area contributed by atoms with Crippen LogP contribution in [0, 0.1) is 18.3 Å². The van der Waals surface area contributed by atoms with E-state index < -0.39 is 35.4 Å². The minimum Gasteiger partial charge on any atom is -0.474 e. The van der Waals surface area contributed by atoms with E-state index in [2.05, 4.69) is 19.9 Å². The standard InChI is InChI=1S/C32H35F3N6O5S2/c1-18-16-47-27(36-18)21-13-25(39-26(37-21)28-38-24(17-48-28)32(33,34)35)46-20-9-11-41-22(12-20)23(42)15-31(29(43)45-3)14-19(31)8-6-4-5-7-10-40(2)30(41)44/h6,8,13,16-17,19-20,22H,4-5,7,9-12,14-15H2,1-3H3/b8-6-/t19-,20+,22+,31-/m1/s1. The van der Waals surface area contributed by atoms with Crippen molar-refractivity contribution >= 4 is 40.5 Å². The molecule has 0 bridgehead atoms. The lowest BCUT2D eigenvalue weighted by Gasteiger charge is -2.40. The van der Waals surface area contributed by atoms with Gasteiger partial charge in [0.05, 0.1) is 18.6 Å². The molecule has 256 valence electrons. The number of nitrogens with zero attached hydrogens (tertiary/aromatic N) is 6. The molecule has 2 fully saturated rings. The van der Waals surface area contributed by atoms with E-state index in [1.54, 1.807) is 22.9 Å². The number of fused-ring (bicyclic) bond motifs is 2. The molecule has 5 heterocycles. The molecule has 11 nitrogen and oxygen atoms in total. The predicted octanol–water partition coefficient (Wildman–Crippen LogP) is 6.19. The molecule has 0 radical (unpaired) electrons. The van der Waals surface area contributed by atoms with Crippen molar-refractivity contribution in [3.05, 3.63) is 40.4 Å².